The fraction of sp³-hybridized carbons (Fsp3) is 0.615. The number of halogens is 1. The van der Waals surface area contributed by atoms with Crippen LogP contribution in [0.1, 0.15) is 44.7 Å². The maximum Gasteiger partial charge on any atom is 0.0321 e. The van der Waals surface area contributed by atoms with E-state index in [0.29, 0.717) is 11.5 Å². The summed E-state index contributed by atoms with van der Waals surface area (Å²) in [5, 5.41) is 3.63. The van der Waals surface area contributed by atoms with E-state index >= 15 is 0 Å². The lowest BCUT2D eigenvalue weighted by Gasteiger charge is -2.21. The fourth-order valence-electron chi connectivity index (χ4n) is 2.23. The zero-order chi connectivity index (χ0) is 10.7. The van der Waals surface area contributed by atoms with Gasteiger partial charge in [0.15, 0.2) is 0 Å². The molecule has 0 spiro atoms. The normalized spacial score (nSPS) is 24.2. The van der Waals surface area contributed by atoms with Crippen LogP contribution in [0, 0.1) is 5.41 Å². The Morgan fingerprint density at radius 1 is 1.25 bits per heavy atom. The average Bonchev–Trinajstić information content (AvgIpc) is 2.41. The molecule has 1 aliphatic rings. The quantitative estimate of drug-likeness (QED) is 0.815. The van der Waals surface area contributed by atoms with E-state index in [-0.39, 0.29) is 12.4 Å². The lowest BCUT2D eigenvalue weighted by molar-refractivity contribution is 0.320. The molecule has 0 amide bonds. The van der Waals surface area contributed by atoms with E-state index < -0.39 is 0 Å². The maximum absolute atomic E-state index is 4.06. The molecule has 0 aliphatic carbocycles. The molecule has 1 saturated heterocycles. The third-order valence-electron chi connectivity index (χ3n) is 3.41. The van der Waals surface area contributed by atoms with Crippen LogP contribution in [0.5, 0.6) is 0 Å². The minimum Gasteiger partial charge on any atom is -0.310 e. The first-order valence-electron chi connectivity index (χ1n) is 5.81. The minimum atomic E-state index is 0. The van der Waals surface area contributed by atoms with Crippen LogP contribution >= 0.6 is 12.4 Å². The molecule has 16 heavy (non-hydrogen) atoms. The number of aromatic nitrogens is 1. The minimum absolute atomic E-state index is 0. The van der Waals surface area contributed by atoms with Crippen LogP contribution in [0.3, 0.4) is 0 Å². The maximum atomic E-state index is 4.06. The first-order chi connectivity index (χ1) is 7.17. The molecule has 1 unspecified atom stereocenters. The van der Waals surface area contributed by atoms with Crippen molar-refractivity contribution in [2.45, 2.75) is 39.2 Å². The summed E-state index contributed by atoms with van der Waals surface area (Å²) in [7, 11) is 0. The largest absolute Gasteiger partial charge is 0.310 e. The Labute approximate surface area is 104 Å². The van der Waals surface area contributed by atoms with E-state index in [2.05, 4.69) is 36.3 Å². The number of hydrogen-bond donors (Lipinski definition) is 1. The van der Waals surface area contributed by atoms with Crippen LogP contribution in [0.15, 0.2) is 24.5 Å². The highest BCUT2D eigenvalue weighted by Gasteiger charge is 2.24. The molecule has 1 aliphatic heterocycles. The molecule has 2 rings (SSSR count). The Hall–Kier alpha value is -0.600. The summed E-state index contributed by atoms with van der Waals surface area (Å²) in [4.78, 5) is 4.06. The van der Waals surface area contributed by atoms with E-state index in [1.165, 1.54) is 24.8 Å². The number of nitrogens with zero attached hydrogens (tertiary/aromatic N) is 1. The molecular formula is C13H21ClN2. The van der Waals surface area contributed by atoms with Gasteiger partial charge in [-0.1, -0.05) is 13.8 Å². The SMILES string of the molecule is CC1(C)CCNC(c2ccncc2)CC1.Cl. The summed E-state index contributed by atoms with van der Waals surface area (Å²) in [6, 6.07) is 4.76. The molecule has 1 aromatic heterocycles. The molecule has 0 bridgehead atoms. The van der Waals surface area contributed by atoms with Crippen LogP contribution in [0.2, 0.25) is 0 Å². The van der Waals surface area contributed by atoms with Crippen molar-refractivity contribution >= 4 is 12.4 Å². The van der Waals surface area contributed by atoms with Crippen molar-refractivity contribution in [3.05, 3.63) is 30.1 Å². The van der Waals surface area contributed by atoms with Gasteiger partial charge in [0.1, 0.15) is 0 Å². The lowest BCUT2D eigenvalue weighted by Crippen LogP contribution is -2.20. The highest BCUT2D eigenvalue weighted by atomic mass is 35.5. The van der Waals surface area contributed by atoms with Gasteiger partial charge in [-0.2, -0.15) is 0 Å². The monoisotopic (exact) mass is 240 g/mol. The predicted octanol–water partition coefficient (Wildman–Crippen LogP) is 3.34. The van der Waals surface area contributed by atoms with Crippen molar-refractivity contribution in [2.24, 2.45) is 5.41 Å². The molecule has 2 nitrogen and oxygen atoms in total. The topological polar surface area (TPSA) is 24.9 Å². The molecule has 90 valence electrons. The summed E-state index contributed by atoms with van der Waals surface area (Å²) < 4.78 is 0. The predicted molar refractivity (Wildman–Crippen MR) is 69.9 cm³/mol. The number of rotatable bonds is 1. The molecule has 1 N–H and O–H groups in total. The standard InChI is InChI=1S/C13H20N2.ClH/c1-13(2)6-3-12(15-10-7-13)11-4-8-14-9-5-11;/h4-5,8-9,12,15H,3,6-7,10H2,1-2H3;1H. The van der Waals surface area contributed by atoms with Crippen molar-refractivity contribution in [1.29, 1.82) is 0 Å². The Bertz CT molecular complexity index is 311. The van der Waals surface area contributed by atoms with Crippen LogP contribution in [-0.2, 0) is 0 Å². The Morgan fingerprint density at radius 3 is 2.62 bits per heavy atom. The summed E-state index contributed by atoms with van der Waals surface area (Å²) in [6.07, 6.45) is 7.57. The average molecular weight is 241 g/mol. The van der Waals surface area contributed by atoms with Gasteiger partial charge in [0.2, 0.25) is 0 Å². The highest BCUT2D eigenvalue weighted by molar-refractivity contribution is 5.85. The first kappa shape index (κ1) is 13.5. The zero-order valence-electron chi connectivity index (χ0n) is 10.1. The molecule has 0 aromatic carbocycles. The van der Waals surface area contributed by atoms with Crippen molar-refractivity contribution in [3.8, 4) is 0 Å². The van der Waals surface area contributed by atoms with Gasteiger partial charge in [-0.25, -0.2) is 0 Å². The van der Waals surface area contributed by atoms with Gasteiger partial charge < -0.3 is 5.32 Å². The Balaban J connectivity index is 0.00000128. The van der Waals surface area contributed by atoms with Crippen LogP contribution in [0.25, 0.3) is 0 Å². The summed E-state index contributed by atoms with van der Waals surface area (Å²) in [6.45, 7) is 5.85. The Morgan fingerprint density at radius 2 is 1.94 bits per heavy atom. The summed E-state index contributed by atoms with van der Waals surface area (Å²) in [5.74, 6) is 0. The molecule has 3 heteroatoms. The summed E-state index contributed by atoms with van der Waals surface area (Å²) >= 11 is 0. The second-order valence-corrected chi connectivity index (χ2v) is 5.24. The van der Waals surface area contributed by atoms with Crippen molar-refractivity contribution in [3.63, 3.8) is 0 Å². The number of nitrogens with one attached hydrogen (secondary N) is 1. The van der Waals surface area contributed by atoms with E-state index in [0.717, 1.165) is 6.54 Å². The fourth-order valence-corrected chi connectivity index (χ4v) is 2.23. The van der Waals surface area contributed by atoms with Crippen molar-refractivity contribution < 1.29 is 0 Å². The molecular weight excluding hydrogens is 220 g/mol. The summed E-state index contributed by atoms with van der Waals surface area (Å²) in [5.41, 5.74) is 1.87. The molecule has 0 radical (unpaired) electrons. The molecule has 1 aromatic rings. The van der Waals surface area contributed by atoms with E-state index in [9.17, 15) is 0 Å². The van der Waals surface area contributed by atoms with Gasteiger partial charge in [-0.15, -0.1) is 12.4 Å². The molecule has 2 heterocycles. The Kier molecular flexibility index (Phi) is 4.75. The molecule has 1 fully saturated rings. The van der Waals surface area contributed by atoms with Gasteiger partial charge >= 0.3 is 0 Å². The first-order valence-corrected chi connectivity index (χ1v) is 5.81. The van der Waals surface area contributed by atoms with Crippen LogP contribution in [0.4, 0.5) is 0 Å². The van der Waals surface area contributed by atoms with E-state index in [4.69, 9.17) is 0 Å². The smallest absolute Gasteiger partial charge is 0.0321 e. The van der Waals surface area contributed by atoms with Gasteiger partial charge in [0, 0.05) is 18.4 Å². The second kappa shape index (κ2) is 5.65. The van der Waals surface area contributed by atoms with Gasteiger partial charge in [0.05, 0.1) is 0 Å². The van der Waals surface area contributed by atoms with Gasteiger partial charge in [-0.05, 0) is 48.9 Å². The van der Waals surface area contributed by atoms with Crippen LogP contribution < -0.4 is 5.32 Å². The van der Waals surface area contributed by atoms with E-state index in [1.807, 2.05) is 12.4 Å². The van der Waals surface area contributed by atoms with Gasteiger partial charge in [-0.3, -0.25) is 4.98 Å². The highest BCUT2D eigenvalue weighted by Crippen LogP contribution is 2.33. The van der Waals surface area contributed by atoms with Crippen molar-refractivity contribution in [1.82, 2.24) is 10.3 Å². The number of hydrogen-bond acceptors (Lipinski definition) is 2. The van der Waals surface area contributed by atoms with Crippen molar-refractivity contribution in [2.75, 3.05) is 6.54 Å². The van der Waals surface area contributed by atoms with Gasteiger partial charge in [0.25, 0.3) is 0 Å². The third-order valence-corrected chi connectivity index (χ3v) is 3.41. The van der Waals surface area contributed by atoms with Crippen LogP contribution in [-0.4, -0.2) is 11.5 Å². The lowest BCUT2D eigenvalue weighted by atomic mass is 9.84. The molecule has 1 atom stereocenters. The number of pyridine rings is 1. The second-order valence-electron chi connectivity index (χ2n) is 5.24. The zero-order valence-corrected chi connectivity index (χ0v) is 10.9. The molecule has 0 saturated carbocycles. The van der Waals surface area contributed by atoms with E-state index in [1.54, 1.807) is 0 Å². The third kappa shape index (κ3) is 3.46.